The Bertz CT molecular complexity index is 2050. The largest absolute Gasteiger partial charge is 0.479 e. The van der Waals surface area contributed by atoms with Gasteiger partial charge < -0.3 is 29.7 Å². The van der Waals surface area contributed by atoms with Gasteiger partial charge in [0, 0.05) is 88.3 Å². The lowest BCUT2D eigenvalue weighted by molar-refractivity contribution is 0.0981. The molecular formula is C34H42BrN12O2P. The molecule has 262 valence electrons. The topological polar surface area (TPSA) is 142 Å². The van der Waals surface area contributed by atoms with E-state index in [2.05, 4.69) is 68.4 Å². The zero-order valence-electron chi connectivity index (χ0n) is 29.0. The number of ether oxygens (including phenoxy) is 1. The molecule has 2 aliphatic rings. The van der Waals surface area contributed by atoms with E-state index in [9.17, 15) is 4.57 Å². The van der Waals surface area contributed by atoms with Gasteiger partial charge in [0.1, 0.15) is 30.0 Å². The van der Waals surface area contributed by atoms with E-state index in [0.29, 0.717) is 55.9 Å². The van der Waals surface area contributed by atoms with E-state index in [1.165, 1.54) is 0 Å². The van der Waals surface area contributed by atoms with Gasteiger partial charge in [-0.25, -0.2) is 4.98 Å². The molecule has 50 heavy (non-hydrogen) atoms. The summed E-state index contributed by atoms with van der Waals surface area (Å²) in [4.78, 5) is 30.7. The lowest BCUT2D eigenvalue weighted by Crippen LogP contribution is -2.52. The third-order valence-electron chi connectivity index (χ3n) is 9.39. The Morgan fingerprint density at radius 3 is 2.38 bits per heavy atom. The fourth-order valence-electron chi connectivity index (χ4n) is 6.81. The second-order valence-corrected chi connectivity index (χ2v) is 17.3. The number of likely N-dealkylation sites (N-methyl/N-ethyl adjacent to an activating group) is 1. The van der Waals surface area contributed by atoms with E-state index < -0.39 is 7.14 Å². The van der Waals surface area contributed by atoms with Gasteiger partial charge >= 0.3 is 0 Å². The molecule has 4 aromatic heterocycles. The Morgan fingerprint density at radius 1 is 0.920 bits per heavy atom. The van der Waals surface area contributed by atoms with E-state index in [1.54, 1.807) is 43.7 Å². The van der Waals surface area contributed by atoms with E-state index >= 15 is 0 Å². The predicted octanol–water partition coefficient (Wildman–Crippen LogP) is 4.94. The van der Waals surface area contributed by atoms with Crippen molar-refractivity contribution in [3.05, 3.63) is 53.7 Å². The number of piperidine rings is 1. The minimum atomic E-state index is -2.77. The van der Waals surface area contributed by atoms with Crippen LogP contribution in [-0.2, 0) is 11.6 Å². The van der Waals surface area contributed by atoms with Crippen LogP contribution in [0.25, 0.3) is 22.2 Å². The summed E-state index contributed by atoms with van der Waals surface area (Å²) in [6.07, 6.45) is 10.9. The highest BCUT2D eigenvalue weighted by molar-refractivity contribution is 9.10. The molecule has 0 atom stereocenters. The van der Waals surface area contributed by atoms with Crippen molar-refractivity contribution in [2.45, 2.75) is 18.9 Å². The standard InChI is InChI=1S/C34H42BrN12O2P/c1-44-14-16-46(17-15-44)23-8-12-47(13-9-23)32-24(22-19-39-45(2)21-22)18-28(33(43-32)49-3)41-34-38-20-25(35)31(42-34)40-27-7-6-26-29(37-11-10-36-26)30(27)50(4,5)48/h6-7,10-11,18-21,23H,8-9,12-17H2,1-5H3,(H2,38,40,41,42). The number of methoxy groups -OCH3 is 1. The number of hydrogen-bond donors (Lipinski definition) is 2. The molecule has 2 aliphatic heterocycles. The van der Waals surface area contributed by atoms with Crippen LogP contribution in [0, 0.1) is 0 Å². The number of fused-ring (bicyclic) bond motifs is 1. The summed E-state index contributed by atoms with van der Waals surface area (Å²) < 4.78 is 21.8. The van der Waals surface area contributed by atoms with Gasteiger partial charge in [-0.3, -0.25) is 19.5 Å². The molecule has 14 nitrogen and oxygen atoms in total. The highest BCUT2D eigenvalue weighted by Gasteiger charge is 2.29. The molecule has 7 rings (SSSR count). The van der Waals surface area contributed by atoms with Gasteiger partial charge in [-0.05, 0) is 67.3 Å². The Kier molecular flexibility index (Phi) is 9.75. The summed E-state index contributed by atoms with van der Waals surface area (Å²) >= 11 is 3.59. The molecule has 0 unspecified atom stereocenters. The molecule has 0 saturated carbocycles. The third kappa shape index (κ3) is 7.18. The number of aryl methyl sites for hydroxylation is 1. The molecule has 5 aromatic rings. The van der Waals surface area contributed by atoms with Crippen molar-refractivity contribution in [1.82, 2.24) is 44.5 Å². The number of anilines is 5. The zero-order valence-corrected chi connectivity index (χ0v) is 31.4. The lowest BCUT2D eigenvalue weighted by atomic mass is 10.0. The fraction of sp³-hybridized carbons (Fsp3) is 0.412. The minimum absolute atomic E-state index is 0.326. The average Bonchev–Trinajstić information content (AvgIpc) is 3.55. The quantitative estimate of drug-likeness (QED) is 0.196. The van der Waals surface area contributed by atoms with Crippen LogP contribution in [0.3, 0.4) is 0 Å². The van der Waals surface area contributed by atoms with Gasteiger partial charge in [0.05, 0.1) is 34.3 Å². The number of rotatable bonds is 9. The first kappa shape index (κ1) is 34.3. The Labute approximate surface area is 300 Å². The first-order valence-electron chi connectivity index (χ1n) is 16.7. The number of nitrogens with one attached hydrogen (secondary N) is 2. The van der Waals surface area contributed by atoms with Crippen molar-refractivity contribution in [2.24, 2.45) is 7.05 Å². The summed E-state index contributed by atoms with van der Waals surface area (Å²) in [5.74, 6) is 2.11. The maximum atomic E-state index is 13.5. The van der Waals surface area contributed by atoms with Gasteiger partial charge in [0.15, 0.2) is 0 Å². The van der Waals surface area contributed by atoms with Crippen molar-refractivity contribution < 1.29 is 9.30 Å². The van der Waals surface area contributed by atoms with Crippen LogP contribution in [0.2, 0.25) is 0 Å². The first-order valence-corrected chi connectivity index (χ1v) is 20.1. The van der Waals surface area contributed by atoms with Crippen LogP contribution < -0.4 is 25.6 Å². The minimum Gasteiger partial charge on any atom is -0.479 e. The van der Waals surface area contributed by atoms with E-state index in [1.807, 2.05) is 37.6 Å². The number of benzene rings is 1. The molecule has 16 heteroatoms. The molecule has 1 aromatic carbocycles. The van der Waals surface area contributed by atoms with E-state index in [4.69, 9.17) is 14.7 Å². The summed E-state index contributed by atoms with van der Waals surface area (Å²) in [6, 6.07) is 6.33. The summed E-state index contributed by atoms with van der Waals surface area (Å²) in [7, 11) is 2.96. The summed E-state index contributed by atoms with van der Waals surface area (Å²) in [5, 5.41) is 11.8. The predicted molar refractivity (Wildman–Crippen MR) is 202 cm³/mol. The molecule has 0 spiro atoms. The fourth-order valence-corrected chi connectivity index (χ4v) is 8.49. The van der Waals surface area contributed by atoms with E-state index in [0.717, 1.165) is 69.1 Å². The normalized spacial score (nSPS) is 16.6. The molecule has 2 N–H and O–H groups in total. The lowest BCUT2D eigenvalue weighted by Gasteiger charge is -2.42. The number of aromatic nitrogens is 7. The summed E-state index contributed by atoms with van der Waals surface area (Å²) in [6.45, 7) is 9.76. The Morgan fingerprint density at radius 2 is 1.68 bits per heavy atom. The van der Waals surface area contributed by atoms with Gasteiger partial charge in [-0.1, -0.05) is 0 Å². The van der Waals surface area contributed by atoms with Gasteiger partial charge in [0.2, 0.25) is 11.8 Å². The summed E-state index contributed by atoms with van der Waals surface area (Å²) in [5.41, 5.74) is 4.42. The van der Waals surface area contributed by atoms with Crippen molar-refractivity contribution in [3.8, 4) is 17.0 Å². The van der Waals surface area contributed by atoms with Crippen molar-refractivity contribution in [1.29, 1.82) is 0 Å². The van der Waals surface area contributed by atoms with Gasteiger partial charge in [-0.2, -0.15) is 15.1 Å². The van der Waals surface area contributed by atoms with Crippen molar-refractivity contribution >= 4 is 68.4 Å². The molecule has 2 saturated heterocycles. The maximum absolute atomic E-state index is 13.5. The van der Waals surface area contributed by atoms with Gasteiger partial charge in [-0.15, -0.1) is 0 Å². The Hall–Kier alpha value is -4.17. The average molecular weight is 762 g/mol. The first-order chi connectivity index (χ1) is 24.1. The second-order valence-electron chi connectivity index (χ2n) is 13.3. The molecule has 0 amide bonds. The number of hydrogen-bond acceptors (Lipinski definition) is 13. The third-order valence-corrected chi connectivity index (χ3v) is 11.5. The zero-order chi connectivity index (χ0) is 35.0. The van der Waals surface area contributed by atoms with Crippen LogP contribution in [0.4, 0.5) is 29.0 Å². The van der Waals surface area contributed by atoms with Gasteiger partial charge in [0.25, 0.3) is 0 Å². The maximum Gasteiger partial charge on any atom is 0.239 e. The molecule has 2 fully saturated rings. The van der Waals surface area contributed by atoms with Crippen LogP contribution in [-0.4, -0.2) is 117 Å². The second kappa shape index (κ2) is 14.2. The smallest absolute Gasteiger partial charge is 0.239 e. The number of nitrogens with zero attached hydrogens (tertiary/aromatic N) is 10. The SMILES string of the molecule is COc1nc(N2CCC(N3CCN(C)CC3)CC2)c(-c2cnn(C)c2)cc1Nc1ncc(Br)c(Nc2ccc3nccnc3c2P(C)(C)=O)n1. The highest BCUT2D eigenvalue weighted by Crippen LogP contribution is 2.42. The highest BCUT2D eigenvalue weighted by atomic mass is 79.9. The van der Waals surface area contributed by atoms with Crippen LogP contribution in [0.1, 0.15) is 12.8 Å². The van der Waals surface area contributed by atoms with Crippen LogP contribution in [0.15, 0.2) is 53.7 Å². The molecule has 0 bridgehead atoms. The van der Waals surface area contributed by atoms with E-state index in [-0.39, 0.29) is 0 Å². The van der Waals surface area contributed by atoms with Crippen LogP contribution in [0.5, 0.6) is 5.88 Å². The van der Waals surface area contributed by atoms with Crippen molar-refractivity contribution in [3.63, 3.8) is 0 Å². The Balaban J connectivity index is 1.18. The van der Waals surface area contributed by atoms with Crippen molar-refractivity contribution in [2.75, 3.05) is 82.3 Å². The molecule has 0 aliphatic carbocycles. The number of piperazine rings is 1. The van der Waals surface area contributed by atoms with Crippen LogP contribution >= 0.6 is 23.1 Å². The molecule has 6 heterocycles. The monoisotopic (exact) mass is 760 g/mol. The molecular weight excluding hydrogens is 719 g/mol. The number of pyridine rings is 1. The molecule has 0 radical (unpaired) electrons. The number of halogens is 1.